The molecule has 1 N–H and O–H groups in total. The summed E-state index contributed by atoms with van der Waals surface area (Å²) in [6.07, 6.45) is -0.309. The van der Waals surface area contributed by atoms with Crippen molar-refractivity contribution in [3.05, 3.63) is 63.3 Å². The number of aryl methyl sites for hydroxylation is 1. The fourth-order valence-corrected chi connectivity index (χ4v) is 3.33. The molecule has 0 saturated heterocycles. The summed E-state index contributed by atoms with van der Waals surface area (Å²) in [6, 6.07) is 9.30. The van der Waals surface area contributed by atoms with Gasteiger partial charge in [0.15, 0.2) is 0 Å². The van der Waals surface area contributed by atoms with Crippen molar-refractivity contribution < 1.29 is 23.9 Å². The lowest BCUT2D eigenvalue weighted by Crippen LogP contribution is -2.32. The number of anilines is 2. The van der Waals surface area contributed by atoms with Crippen molar-refractivity contribution in [2.24, 2.45) is 0 Å². The van der Waals surface area contributed by atoms with Crippen LogP contribution in [0.15, 0.2) is 47.1 Å². The lowest BCUT2D eigenvalue weighted by atomic mass is 10.2. The van der Waals surface area contributed by atoms with E-state index in [4.69, 9.17) is 32.7 Å². The number of nitrogens with one attached hydrogen (secondary N) is 1. The number of carbonyl (C=O) groups is 3. The molecule has 2 aromatic rings. The summed E-state index contributed by atoms with van der Waals surface area (Å²) >= 11 is 12.3. The van der Waals surface area contributed by atoms with E-state index in [2.05, 4.69) is 5.32 Å². The van der Waals surface area contributed by atoms with Gasteiger partial charge in [-0.25, -0.2) is 9.69 Å². The maximum atomic E-state index is 13.1. The number of methoxy groups -OCH3 is 1. The summed E-state index contributed by atoms with van der Waals surface area (Å²) < 4.78 is 10.5. The molecular formula is C22H20Cl2N2O5. The number of esters is 1. The maximum absolute atomic E-state index is 13.1. The lowest BCUT2D eigenvalue weighted by Gasteiger charge is -2.17. The van der Waals surface area contributed by atoms with E-state index < -0.39 is 17.8 Å². The summed E-state index contributed by atoms with van der Waals surface area (Å²) in [5, 5.41) is 3.09. The average Bonchev–Trinajstić information content (AvgIpc) is 2.93. The van der Waals surface area contributed by atoms with E-state index in [1.165, 1.54) is 25.3 Å². The zero-order chi connectivity index (χ0) is 22.9. The van der Waals surface area contributed by atoms with E-state index in [0.717, 1.165) is 10.5 Å². The van der Waals surface area contributed by atoms with E-state index in [-0.39, 0.29) is 28.1 Å². The first-order valence-corrected chi connectivity index (χ1v) is 10.1. The van der Waals surface area contributed by atoms with Gasteiger partial charge < -0.3 is 14.8 Å². The molecule has 0 saturated carbocycles. The zero-order valence-electron chi connectivity index (χ0n) is 17.3. The Morgan fingerprint density at radius 3 is 2.45 bits per heavy atom. The van der Waals surface area contributed by atoms with Gasteiger partial charge in [0, 0.05) is 11.1 Å². The van der Waals surface area contributed by atoms with Crippen LogP contribution in [0.2, 0.25) is 5.02 Å². The van der Waals surface area contributed by atoms with Crippen LogP contribution in [0.25, 0.3) is 0 Å². The Morgan fingerprint density at radius 1 is 1.10 bits per heavy atom. The number of hydrogen-bond acceptors (Lipinski definition) is 6. The third kappa shape index (κ3) is 4.52. The normalized spacial score (nSPS) is 13.8. The SMILES string of the molecule is COc1cc(Cl)c(C)cc1NC1=C(Cl)C(=O)N(c2cccc(C(=O)OC(C)C)c2)C1=O. The van der Waals surface area contributed by atoms with E-state index in [9.17, 15) is 14.4 Å². The number of imide groups is 1. The van der Waals surface area contributed by atoms with Gasteiger partial charge in [-0.1, -0.05) is 29.3 Å². The molecular weight excluding hydrogens is 443 g/mol. The number of benzene rings is 2. The summed E-state index contributed by atoms with van der Waals surface area (Å²) in [5.41, 5.74) is 1.46. The molecule has 3 rings (SSSR count). The number of ether oxygens (including phenoxy) is 2. The van der Waals surface area contributed by atoms with Crippen molar-refractivity contribution in [2.45, 2.75) is 26.9 Å². The standard InChI is InChI=1S/C22H20Cl2N2O5/c1-11(2)31-22(29)13-6-5-7-14(9-13)26-20(27)18(24)19(21(26)28)25-16-8-12(3)15(23)10-17(16)30-4/h5-11,25H,1-4H3. The monoisotopic (exact) mass is 462 g/mol. The quantitative estimate of drug-likeness (QED) is 0.496. The second-order valence-corrected chi connectivity index (χ2v) is 7.85. The fourth-order valence-electron chi connectivity index (χ4n) is 2.96. The Morgan fingerprint density at radius 2 is 1.81 bits per heavy atom. The third-order valence-electron chi connectivity index (χ3n) is 4.45. The Hall–Kier alpha value is -3.03. The highest BCUT2D eigenvalue weighted by Gasteiger charge is 2.39. The molecule has 0 bridgehead atoms. The van der Waals surface area contributed by atoms with Crippen molar-refractivity contribution in [3.8, 4) is 5.75 Å². The van der Waals surface area contributed by atoms with Crippen LogP contribution in [-0.2, 0) is 14.3 Å². The summed E-state index contributed by atoms with van der Waals surface area (Å²) in [5.74, 6) is -1.56. The Labute approximate surface area is 189 Å². The van der Waals surface area contributed by atoms with Crippen molar-refractivity contribution in [1.29, 1.82) is 0 Å². The number of hydrogen-bond donors (Lipinski definition) is 1. The minimum Gasteiger partial charge on any atom is -0.495 e. The second kappa shape index (κ2) is 8.99. The van der Waals surface area contributed by atoms with Gasteiger partial charge in [-0.2, -0.15) is 0 Å². The zero-order valence-corrected chi connectivity index (χ0v) is 18.8. The molecule has 1 aliphatic heterocycles. The number of amides is 2. The first-order valence-electron chi connectivity index (χ1n) is 9.34. The Balaban J connectivity index is 1.92. The largest absolute Gasteiger partial charge is 0.495 e. The van der Waals surface area contributed by atoms with E-state index in [0.29, 0.717) is 16.5 Å². The van der Waals surface area contributed by atoms with Crippen molar-refractivity contribution in [2.75, 3.05) is 17.3 Å². The highest BCUT2D eigenvalue weighted by Crippen LogP contribution is 2.35. The van der Waals surface area contributed by atoms with Crippen LogP contribution < -0.4 is 15.0 Å². The number of nitrogens with zero attached hydrogens (tertiary/aromatic N) is 1. The summed E-state index contributed by atoms with van der Waals surface area (Å²) in [7, 11) is 1.46. The Bertz CT molecular complexity index is 1110. The number of halogens is 2. The van der Waals surface area contributed by atoms with Crippen LogP contribution in [0, 0.1) is 6.92 Å². The van der Waals surface area contributed by atoms with Gasteiger partial charge in [-0.3, -0.25) is 9.59 Å². The molecule has 0 radical (unpaired) electrons. The van der Waals surface area contributed by atoms with E-state index in [1.54, 1.807) is 39.0 Å². The number of rotatable bonds is 6. The van der Waals surface area contributed by atoms with Crippen molar-refractivity contribution in [3.63, 3.8) is 0 Å². The highest BCUT2D eigenvalue weighted by molar-refractivity contribution is 6.53. The molecule has 1 heterocycles. The molecule has 9 heteroatoms. The summed E-state index contributed by atoms with van der Waals surface area (Å²) in [4.78, 5) is 38.9. The van der Waals surface area contributed by atoms with Gasteiger partial charge in [-0.15, -0.1) is 0 Å². The van der Waals surface area contributed by atoms with Crippen LogP contribution in [-0.4, -0.2) is 31.0 Å². The molecule has 31 heavy (non-hydrogen) atoms. The van der Waals surface area contributed by atoms with E-state index >= 15 is 0 Å². The Kier molecular flexibility index (Phi) is 6.57. The predicted octanol–water partition coefficient (Wildman–Crippen LogP) is 4.66. The van der Waals surface area contributed by atoms with Crippen LogP contribution >= 0.6 is 23.2 Å². The minimum absolute atomic E-state index is 0.109. The molecule has 1 aliphatic rings. The minimum atomic E-state index is -0.715. The summed E-state index contributed by atoms with van der Waals surface area (Å²) in [6.45, 7) is 5.24. The lowest BCUT2D eigenvalue weighted by molar-refractivity contribution is -0.120. The fraction of sp³-hybridized carbons (Fsp3) is 0.227. The average molecular weight is 463 g/mol. The van der Waals surface area contributed by atoms with Gasteiger partial charge in [0.05, 0.1) is 30.2 Å². The van der Waals surface area contributed by atoms with E-state index in [1.807, 2.05) is 0 Å². The second-order valence-electron chi connectivity index (χ2n) is 7.07. The van der Waals surface area contributed by atoms with Crippen molar-refractivity contribution in [1.82, 2.24) is 0 Å². The topological polar surface area (TPSA) is 84.9 Å². The molecule has 0 unspecified atom stereocenters. The first-order chi connectivity index (χ1) is 14.6. The van der Waals surface area contributed by atoms with Gasteiger partial charge in [0.1, 0.15) is 16.5 Å². The molecule has 0 aliphatic carbocycles. The van der Waals surface area contributed by atoms with Gasteiger partial charge in [0.2, 0.25) is 0 Å². The smallest absolute Gasteiger partial charge is 0.338 e. The number of carbonyl (C=O) groups excluding carboxylic acids is 3. The third-order valence-corrected chi connectivity index (χ3v) is 5.21. The maximum Gasteiger partial charge on any atom is 0.338 e. The van der Waals surface area contributed by atoms with Crippen LogP contribution in [0.1, 0.15) is 29.8 Å². The highest BCUT2D eigenvalue weighted by atomic mass is 35.5. The molecule has 2 aromatic carbocycles. The molecule has 7 nitrogen and oxygen atoms in total. The molecule has 0 spiro atoms. The molecule has 0 aromatic heterocycles. The molecule has 0 fully saturated rings. The van der Waals surface area contributed by atoms with Gasteiger partial charge in [0.25, 0.3) is 11.8 Å². The van der Waals surface area contributed by atoms with Gasteiger partial charge >= 0.3 is 5.97 Å². The van der Waals surface area contributed by atoms with Crippen LogP contribution in [0.4, 0.5) is 11.4 Å². The molecule has 162 valence electrons. The van der Waals surface area contributed by atoms with Gasteiger partial charge in [-0.05, 0) is 50.6 Å². The van der Waals surface area contributed by atoms with Crippen LogP contribution in [0.3, 0.4) is 0 Å². The van der Waals surface area contributed by atoms with Crippen LogP contribution in [0.5, 0.6) is 5.75 Å². The van der Waals surface area contributed by atoms with Crippen molar-refractivity contribution >= 4 is 52.4 Å². The first kappa shape index (κ1) is 22.7. The molecule has 0 atom stereocenters. The predicted molar refractivity (Wildman–Crippen MR) is 119 cm³/mol. The molecule has 2 amide bonds.